The molecule has 1 aliphatic rings. The molecule has 0 aromatic heterocycles. The standard InChI is InChI=1S/C13H14BrNO4/c1-18-11-3-7-8(4-12(11)19-2)10(16)5-9(7)15-13(17)6-14/h3-4,9H,5-6H2,1-2H3,(H,15,17). The minimum absolute atomic E-state index is 0.00387. The van der Waals surface area contributed by atoms with Crippen molar-refractivity contribution in [2.75, 3.05) is 19.5 Å². The van der Waals surface area contributed by atoms with Gasteiger partial charge in [0.1, 0.15) is 0 Å². The molecule has 6 heteroatoms. The predicted molar refractivity (Wildman–Crippen MR) is 73.2 cm³/mol. The highest BCUT2D eigenvalue weighted by molar-refractivity contribution is 9.09. The third kappa shape index (κ3) is 2.58. The van der Waals surface area contributed by atoms with Crippen molar-refractivity contribution in [1.82, 2.24) is 5.32 Å². The van der Waals surface area contributed by atoms with Crippen molar-refractivity contribution in [2.24, 2.45) is 0 Å². The van der Waals surface area contributed by atoms with E-state index in [0.717, 1.165) is 5.56 Å². The van der Waals surface area contributed by atoms with E-state index >= 15 is 0 Å². The largest absolute Gasteiger partial charge is 0.493 e. The highest BCUT2D eigenvalue weighted by atomic mass is 79.9. The predicted octanol–water partition coefficient (Wildman–Crippen LogP) is 1.84. The van der Waals surface area contributed by atoms with Crippen LogP contribution >= 0.6 is 15.9 Å². The number of nitrogens with one attached hydrogen (secondary N) is 1. The van der Waals surface area contributed by atoms with Gasteiger partial charge in [0.25, 0.3) is 0 Å². The van der Waals surface area contributed by atoms with E-state index in [-0.39, 0.29) is 29.5 Å². The Balaban J connectivity index is 2.40. The molecule has 0 saturated carbocycles. The third-order valence-electron chi connectivity index (χ3n) is 3.08. The monoisotopic (exact) mass is 327 g/mol. The average Bonchev–Trinajstić information content (AvgIpc) is 2.73. The summed E-state index contributed by atoms with van der Waals surface area (Å²) in [6, 6.07) is 3.11. The van der Waals surface area contributed by atoms with Crippen LogP contribution in [0.15, 0.2) is 12.1 Å². The van der Waals surface area contributed by atoms with Gasteiger partial charge >= 0.3 is 0 Å². The van der Waals surface area contributed by atoms with Gasteiger partial charge in [0.2, 0.25) is 5.91 Å². The lowest BCUT2D eigenvalue weighted by Gasteiger charge is -2.14. The van der Waals surface area contributed by atoms with E-state index < -0.39 is 0 Å². The maximum Gasteiger partial charge on any atom is 0.231 e. The smallest absolute Gasteiger partial charge is 0.231 e. The fourth-order valence-corrected chi connectivity index (χ4v) is 2.35. The molecule has 102 valence electrons. The SMILES string of the molecule is COc1cc2c(cc1OC)C(NC(=O)CBr)CC2=O. The molecule has 0 heterocycles. The van der Waals surface area contributed by atoms with Crippen molar-refractivity contribution in [3.63, 3.8) is 0 Å². The average molecular weight is 328 g/mol. The lowest BCUT2D eigenvalue weighted by molar-refractivity contribution is -0.119. The number of rotatable bonds is 4. The number of ketones is 1. The van der Waals surface area contributed by atoms with Gasteiger partial charge in [-0.15, -0.1) is 0 Å². The lowest BCUT2D eigenvalue weighted by Crippen LogP contribution is -2.28. The Labute approximate surface area is 119 Å². The molecule has 1 aromatic rings. The Bertz CT molecular complexity index is 530. The number of hydrogen-bond donors (Lipinski definition) is 1. The second-order valence-corrected chi connectivity index (χ2v) is 4.74. The molecular formula is C13H14BrNO4. The van der Waals surface area contributed by atoms with Crippen molar-refractivity contribution < 1.29 is 19.1 Å². The Morgan fingerprint density at radius 3 is 2.58 bits per heavy atom. The number of alkyl halides is 1. The van der Waals surface area contributed by atoms with E-state index in [1.165, 1.54) is 14.2 Å². The Morgan fingerprint density at radius 1 is 1.37 bits per heavy atom. The third-order valence-corrected chi connectivity index (χ3v) is 3.59. The zero-order chi connectivity index (χ0) is 14.0. The number of Topliss-reactive ketones (excluding diaryl/α,β-unsaturated/α-hetero) is 1. The maximum absolute atomic E-state index is 12.0. The zero-order valence-electron chi connectivity index (χ0n) is 10.7. The molecule has 0 fully saturated rings. The minimum atomic E-state index is -0.299. The quantitative estimate of drug-likeness (QED) is 0.857. The first-order valence-electron chi connectivity index (χ1n) is 5.75. The summed E-state index contributed by atoms with van der Waals surface area (Å²) in [7, 11) is 3.06. The summed E-state index contributed by atoms with van der Waals surface area (Å²) in [5.74, 6) is 0.910. The second-order valence-electron chi connectivity index (χ2n) is 4.18. The molecule has 0 aliphatic heterocycles. The number of carbonyl (C=O) groups is 2. The molecule has 19 heavy (non-hydrogen) atoms. The van der Waals surface area contributed by atoms with Crippen molar-refractivity contribution in [3.05, 3.63) is 23.3 Å². The number of hydrogen-bond acceptors (Lipinski definition) is 4. The molecule has 1 amide bonds. The van der Waals surface area contributed by atoms with Crippen LogP contribution in [0.4, 0.5) is 0 Å². The summed E-state index contributed by atoms with van der Waals surface area (Å²) in [6.07, 6.45) is 0.268. The Kier molecular flexibility index (Phi) is 4.09. The second kappa shape index (κ2) is 5.61. The Morgan fingerprint density at radius 2 is 2.00 bits per heavy atom. The number of carbonyl (C=O) groups excluding carboxylic acids is 2. The normalized spacial score (nSPS) is 17.0. The van der Waals surface area contributed by atoms with Crippen LogP contribution in [0.3, 0.4) is 0 Å². The molecule has 1 aliphatic carbocycles. The van der Waals surface area contributed by atoms with Crippen LogP contribution < -0.4 is 14.8 Å². The van der Waals surface area contributed by atoms with Crippen molar-refractivity contribution in [3.8, 4) is 11.5 Å². The first-order valence-corrected chi connectivity index (χ1v) is 6.87. The molecule has 1 N–H and O–H groups in total. The van der Waals surface area contributed by atoms with Gasteiger partial charge in [0, 0.05) is 12.0 Å². The summed E-state index contributed by atoms with van der Waals surface area (Å²) < 4.78 is 10.4. The minimum Gasteiger partial charge on any atom is -0.493 e. The highest BCUT2D eigenvalue weighted by Crippen LogP contribution is 2.39. The van der Waals surface area contributed by atoms with Crippen molar-refractivity contribution in [2.45, 2.75) is 12.5 Å². The van der Waals surface area contributed by atoms with Crippen molar-refractivity contribution >= 4 is 27.6 Å². The first kappa shape index (κ1) is 13.9. The van der Waals surface area contributed by atoms with Gasteiger partial charge in [0.15, 0.2) is 17.3 Å². The number of methoxy groups -OCH3 is 2. The number of amides is 1. The van der Waals surface area contributed by atoms with Crippen LogP contribution in [-0.2, 0) is 4.79 Å². The molecule has 0 saturated heterocycles. The van der Waals surface area contributed by atoms with Crippen LogP contribution in [0.5, 0.6) is 11.5 Å². The van der Waals surface area contributed by atoms with E-state index in [0.29, 0.717) is 17.1 Å². The molecule has 5 nitrogen and oxygen atoms in total. The zero-order valence-corrected chi connectivity index (χ0v) is 12.2. The summed E-state index contributed by atoms with van der Waals surface area (Å²) in [5, 5.41) is 3.01. The summed E-state index contributed by atoms with van der Waals surface area (Å²) in [6.45, 7) is 0. The summed E-state index contributed by atoms with van der Waals surface area (Å²) in [4.78, 5) is 23.4. The molecule has 1 unspecified atom stereocenters. The highest BCUT2D eigenvalue weighted by Gasteiger charge is 2.32. The fourth-order valence-electron chi connectivity index (χ4n) is 2.19. The molecule has 1 aromatic carbocycles. The van der Waals surface area contributed by atoms with E-state index in [9.17, 15) is 9.59 Å². The van der Waals surface area contributed by atoms with Crippen LogP contribution in [0, 0.1) is 0 Å². The van der Waals surface area contributed by atoms with Crippen LogP contribution in [0.1, 0.15) is 28.4 Å². The molecule has 0 spiro atoms. The van der Waals surface area contributed by atoms with Gasteiger partial charge in [-0.1, -0.05) is 15.9 Å². The van der Waals surface area contributed by atoms with Gasteiger partial charge in [-0.05, 0) is 17.7 Å². The molecule has 0 bridgehead atoms. The first-order chi connectivity index (χ1) is 9.10. The van der Waals surface area contributed by atoms with Gasteiger partial charge in [0.05, 0.1) is 25.6 Å². The van der Waals surface area contributed by atoms with Gasteiger partial charge in [-0.3, -0.25) is 9.59 Å². The van der Waals surface area contributed by atoms with E-state index in [4.69, 9.17) is 9.47 Å². The fraction of sp³-hybridized carbons (Fsp3) is 0.385. The number of halogens is 1. The van der Waals surface area contributed by atoms with Crippen LogP contribution in [-0.4, -0.2) is 31.2 Å². The number of benzene rings is 1. The topological polar surface area (TPSA) is 64.6 Å². The maximum atomic E-state index is 12.0. The number of ether oxygens (including phenoxy) is 2. The van der Waals surface area contributed by atoms with Crippen molar-refractivity contribution in [1.29, 1.82) is 0 Å². The van der Waals surface area contributed by atoms with E-state index in [2.05, 4.69) is 21.2 Å². The molecule has 1 atom stereocenters. The number of fused-ring (bicyclic) bond motifs is 1. The summed E-state index contributed by atoms with van der Waals surface area (Å²) >= 11 is 3.09. The lowest BCUT2D eigenvalue weighted by atomic mass is 10.1. The van der Waals surface area contributed by atoms with Gasteiger partial charge in [-0.25, -0.2) is 0 Å². The van der Waals surface area contributed by atoms with Gasteiger partial charge < -0.3 is 14.8 Å². The summed E-state index contributed by atoms with van der Waals surface area (Å²) in [5.41, 5.74) is 1.36. The Hall–Kier alpha value is -1.56. The van der Waals surface area contributed by atoms with Crippen LogP contribution in [0.25, 0.3) is 0 Å². The molecule has 2 rings (SSSR count). The van der Waals surface area contributed by atoms with Crippen LogP contribution in [0.2, 0.25) is 0 Å². The van der Waals surface area contributed by atoms with E-state index in [1.54, 1.807) is 12.1 Å². The molecular weight excluding hydrogens is 314 g/mol. The molecule has 0 radical (unpaired) electrons. The van der Waals surface area contributed by atoms with Gasteiger partial charge in [-0.2, -0.15) is 0 Å². The van der Waals surface area contributed by atoms with E-state index in [1.807, 2.05) is 0 Å².